The molecule has 0 spiro atoms. The summed E-state index contributed by atoms with van der Waals surface area (Å²) in [4.78, 5) is 27.7. The van der Waals surface area contributed by atoms with E-state index < -0.39 is 6.04 Å². The summed E-state index contributed by atoms with van der Waals surface area (Å²) in [5.74, 6) is -0.275. The molecule has 2 aromatic rings. The topological polar surface area (TPSA) is 58.6 Å². The van der Waals surface area contributed by atoms with Crippen molar-refractivity contribution >= 4 is 23.4 Å². The molecule has 0 aromatic heterocycles. The normalized spacial score (nSPS) is 17.0. The average Bonchev–Trinajstić information content (AvgIpc) is 3.27. The van der Waals surface area contributed by atoms with Gasteiger partial charge in [0.15, 0.2) is 0 Å². The number of ether oxygens (including phenoxy) is 1. The minimum atomic E-state index is -0.708. The summed E-state index contributed by atoms with van der Waals surface area (Å²) < 4.78 is 5.62. The van der Waals surface area contributed by atoms with Gasteiger partial charge in [-0.1, -0.05) is 61.0 Å². The first-order valence-electron chi connectivity index (χ1n) is 10.1. The highest BCUT2D eigenvalue weighted by Gasteiger charge is 2.31. The van der Waals surface area contributed by atoms with Crippen LogP contribution in [-0.4, -0.2) is 36.0 Å². The second-order valence-corrected chi connectivity index (χ2v) is 7.63. The highest BCUT2D eigenvalue weighted by atomic mass is 35.5. The summed E-state index contributed by atoms with van der Waals surface area (Å²) >= 11 is 5.99. The Morgan fingerprint density at radius 1 is 1.17 bits per heavy atom. The van der Waals surface area contributed by atoms with Gasteiger partial charge in [-0.15, -0.1) is 0 Å². The van der Waals surface area contributed by atoms with Crippen LogP contribution in [0.5, 0.6) is 0 Å². The van der Waals surface area contributed by atoms with Crippen LogP contribution in [0.3, 0.4) is 0 Å². The van der Waals surface area contributed by atoms with Gasteiger partial charge in [-0.2, -0.15) is 0 Å². The number of carbonyl (C=O) groups is 2. The molecule has 0 aliphatic carbocycles. The van der Waals surface area contributed by atoms with Crippen LogP contribution < -0.4 is 5.32 Å². The van der Waals surface area contributed by atoms with Crippen LogP contribution in [-0.2, 0) is 20.9 Å². The van der Waals surface area contributed by atoms with E-state index in [1.54, 1.807) is 17.0 Å². The van der Waals surface area contributed by atoms with E-state index in [0.717, 1.165) is 30.6 Å². The second kappa shape index (κ2) is 10.4. The van der Waals surface area contributed by atoms with Gasteiger partial charge in [0.2, 0.25) is 11.8 Å². The Bertz CT molecular complexity index is 805. The van der Waals surface area contributed by atoms with Gasteiger partial charge in [-0.25, -0.2) is 0 Å². The average molecular weight is 415 g/mol. The number of hydrogen-bond donors (Lipinski definition) is 1. The zero-order valence-corrected chi connectivity index (χ0v) is 17.4. The maximum Gasteiger partial charge on any atom is 0.247 e. The molecule has 2 atom stereocenters. The minimum absolute atomic E-state index is 0.0435. The molecule has 0 bridgehead atoms. The van der Waals surface area contributed by atoms with Crippen LogP contribution in [0.1, 0.15) is 43.4 Å². The van der Waals surface area contributed by atoms with Gasteiger partial charge in [-0.05, 0) is 36.1 Å². The molecule has 0 radical (unpaired) electrons. The summed E-state index contributed by atoms with van der Waals surface area (Å²) in [6.45, 7) is 3.33. The van der Waals surface area contributed by atoms with E-state index in [4.69, 9.17) is 16.3 Å². The second-order valence-electron chi connectivity index (χ2n) is 7.20. The lowest BCUT2D eigenvalue weighted by Crippen LogP contribution is -2.44. The number of nitrogens with zero attached hydrogens (tertiary/aromatic N) is 1. The van der Waals surface area contributed by atoms with E-state index in [1.165, 1.54) is 0 Å². The number of nitrogens with one attached hydrogen (secondary N) is 1. The van der Waals surface area contributed by atoms with Crippen LogP contribution in [0.15, 0.2) is 54.6 Å². The van der Waals surface area contributed by atoms with Crippen molar-refractivity contribution in [2.75, 3.05) is 13.2 Å². The summed E-state index contributed by atoms with van der Waals surface area (Å²) in [5, 5.41) is 3.63. The van der Waals surface area contributed by atoms with E-state index in [-0.39, 0.29) is 17.9 Å². The van der Waals surface area contributed by atoms with Gasteiger partial charge in [0.1, 0.15) is 6.04 Å². The highest BCUT2D eigenvalue weighted by molar-refractivity contribution is 6.30. The van der Waals surface area contributed by atoms with Gasteiger partial charge in [-0.3, -0.25) is 9.59 Å². The Morgan fingerprint density at radius 2 is 1.90 bits per heavy atom. The highest BCUT2D eigenvalue weighted by Crippen LogP contribution is 2.25. The third-order valence-electron chi connectivity index (χ3n) is 5.09. The van der Waals surface area contributed by atoms with Gasteiger partial charge in [0.25, 0.3) is 0 Å². The van der Waals surface area contributed by atoms with E-state index in [2.05, 4.69) is 5.32 Å². The number of hydrogen-bond acceptors (Lipinski definition) is 3. The van der Waals surface area contributed by atoms with Crippen molar-refractivity contribution in [3.63, 3.8) is 0 Å². The molecule has 154 valence electrons. The van der Waals surface area contributed by atoms with Gasteiger partial charge < -0.3 is 15.0 Å². The Morgan fingerprint density at radius 3 is 2.52 bits per heavy atom. The number of carbonyl (C=O) groups excluding carboxylic acids is 2. The summed E-state index contributed by atoms with van der Waals surface area (Å²) in [6, 6.07) is 16.1. The fourth-order valence-electron chi connectivity index (χ4n) is 3.54. The number of benzene rings is 2. The predicted molar refractivity (Wildman–Crippen MR) is 113 cm³/mol. The van der Waals surface area contributed by atoms with Gasteiger partial charge in [0, 0.05) is 31.1 Å². The van der Waals surface area contributed by atoms with Gasteiger partial charge >= 0.3 is 0 Å². The molecule has 0 unspecified atom stereocenters. The molecule has 2 aromatic carbocycles. The maximum atomic E-state index is 13.2. The van der Waals surface area contributed by atoms with Crippen molar-refractivity contribution in [1.29, 1.82) is 0 Å². The van der Waals surface area contributed by atoms with Crippen LogP contribution in [0.25, 0.3) is 0 Å². The molecule has 3 rings (SSSR count). The third-order valence-corrected chi connectivity index (χ3v) is 5.34. The first-order valence-corrected chi connectivity index (χ1v) is 10.4. The van der Waals surface area contributed by atoms with Crippen LogP contribution in [0.4, 0.5) is 0 Å². The lowest BCUT2D eigenvalue weighted by Gasteiger charge is -2.31. The van der Waals surface area contributed by atoms with E-state index in [0.29, 0.717) is 24.5 Å². The molecule has 1 N–H and O–H groups in total. The van der Waals surface area contributed by atoms with E-state index >= 15 is 0 Å². The Hall–Kier alpha value is -2.37. The van der Waals surface area contributed by atoms with Crippen molar-refractivity contribution in [3.8, 4) is 0 Å². The van der Waals surface area contributed by atoms with Crippen molar-refractivity contribution in [1.82, 2.24) is 10.2 Å². The Labute approximate surface area is 177 Å². The molecule has 1 aliphatic heterocycles. The summed E-state index contributed by atoms with van der Waals surface area (Å²) in [6.07, 6.45) is 2.32. The fourth-order valence-corrected chi connectivity index (χ4v) is 3.66. The molecule has 1 fully saturated rings. The zero-order chi connectivity index (χ0) is 20.6. The lowest BCUT2D eigenvalue weighted by molar-refractivity contribution is -0.141. The SMILES string of the molecule is CCC(=O)N(Cc1ccc(Cl)cc1)[C@H](C(=O)NC[C@@H]1CCCO1)c1ccccc1. The maximum absolute atomic E-state index is 13.2. The predicted octanol–water partition coefficient (Wildman–Crippen LogP) is 4.12. The van der Waals surface area contributed by atoms with E-state index in [9.17, 15) is 9.59 Å². The quantitative estimate of drug-likeness (QED) is 0.707. The molecule has 1 aliphatic rings. The molecule has 1 saturated heterocycles. The largest absolute Gasteiger partial charge is 0.376 e. The van der Waals surface area contributed by atoms with Crippen molar-refractivity contribution in [3.05, 3.63) is 70.7 Å². The number of rotatable bonds is 8. The third kappa shape index (κ3) is 5.81. The molecule has 1 heterocycles. The molecule has 5 nitrogen and oxygen atoms in total. The van der Waals surface area contributed by atoms with E-state index in [1.807, 2.05) is 49.4 Å². The molecule has 0 saturated carbocycles. The van der Waals surface area contributed by atoms with Crippen molar-refractivity contribution in [2.45, 2.75) is 44.9 Å². The number of amides is 2. The summed E-state index contributed by atoms with van der Waals surface area (Å²) in [5.41, 5.74) is 1.71. The Balaban J connectivity index is 1.86. The first kappa shape index (κ1) is 21.3. The van der Waals surface area contributed by atoms with Gasteiger partial charge in [0.05, 0.1) is 6.10 Å². The monoisotopic (exact) mass is 414 g/mol. The van der Waals surface area contributed by atoms with Crippen molar-refractivity contribution < 1.29 is 14.3 Å². The standard InChI is InChI=1S/C23H27ClN2O3/c1-2-21(27)26(16-17-10-12-19(24)13-11-17)22(18-7-4-3-5-8-18)23(28)25-15-20-9-6-14-29-20/h3-5,7-8,10-13,20,22H,2,6,9,14-16H2,1H3,(H,25,28)/t20-,22-/m0/s1. The zero-order valence-electron chi connectivity index (χ0n) is 16.6. The van der Waals surface area contributed by atoms with Crippen LogP contribution in [0.2, 0.25) is 5.02 Å². The van der Waals surface area contributed by atoms with Crippen molar-refractivity contribution in [2.24, 2.45) is 0 Å². The number of halogens is 1. The lowest BCUT2D eigenvalue weighted by atomic mass is 10.0. The Kier molecular flexibility index (Phi) is 7.67. The molecule has 6 heteroatoms. The minimum Gasteiger partial charge on any atom is -0.376 e. The fraction of sp³-hybridized carbons (Fsp3) is 0.391. The van der Waals surface area contributed by atoms with Crippen LogP contribution in [0, 0.1) is 0 Å². The molecular weight excluding hydrogens is 388 g/mol. The molecular formula is C23H27ClN2O3. The van der Waals surface area contributed by atoms with Crippen LogP contribution >= 0.6 is 11.6 Å². The summed E-state index contributed by atoms with van der Waals surface area (Å²) in [7, 11) is 0. The first-order chi connectivity index (χ1) is 14.1. The molecule has 29 heavy (non-hydrogen) atoms. The smallest absolute Gasteiger partial charge is 0.247 e. The molecule has 2 amide bonds.